The van der Waals surface area contributed by atoms with E-state index in [0.717, 1.165) is 38.8 Å². The number of unbranched alkanes of at least 4 members (excludes halogenated alkanes) is 1. The highest BCUT2D eigenvalue weighted by molar-refractivity contribution is 5.67. The van der Waals surface area contributed by atoms with Gasteiger partial charge in [0.2, 0.25) is 0 Å². The van der Waals surface area contributed by atoms with Crippen molar-refractivity contribution >= 4 is 5.97 Å². The first kappa shape index (κ1) is 14.1. The number of carboxylic acid groups (broad SMARTS) is 1. The highest BCUT2D eigenvalue weighted by Gasteiger charge is 2.25. The average molecular weight is 261 g/mol. The van der Waals surface area contributed by atoms with Crippen molar-refractivity contribution < 1.29 is 9.90 Å². The smallest absolute Gasteiger partial charge is 0.304 e. The molecule has 1 aromatic rings. The van der Waals surface area contributed by atoms with Gasteiger partial charge in [-0.1, -0.05) is 30.3 Å². The summed E-state index contributed by atoms with van der Waals surface area (Å²) in [6, 6.07) is 10.8. The Morgan fingerprint density at radius 3 is 2.79 bits per heavy atom. The quantitative estimate of drug-likeness (QED) is 0.767. The summed E-state index contributed by atoms with van der Waals surface area (Å²) in [5, 5.41) is 8.89. The molecular formula is C16H23NO2. The first-order valence-electron chi connectivity index (χ1n) is 7.25. The van der Waals surface area contributed by atoms with E-state index in [1.807, 2.05) is 6.07 Å². The fraction of sp³-hybridized carbons (Fsp3) is 0.562. The number of aryl methyl sites for hydroxylation is 1. The number of hydrogen-bond acceptors (Lipinski definition) is 2. The lowest BCUT2D eigenvalue weighted by molar-refractivity contribution is -0.138. The summed E-state index contributed by atoms with van der Waals surface area (Å²) in [5.74, 6) is -0.666. The molecule has 1 fully saturated rings. The number of nitrogens with zero attached hydrogens (tertiary/aromatic N) is 1. The van der Waals surface area contributed by atoms with E-state index in [2.05, 4.69) is 29.2 Å². The number of likely N-dealkylation sites (tertiary alicyclic amines) is 1. The zero-order chi connectivity index (χ0) is 13.5. The van der Waals surface area contributed by atoms with Crippen LogP contribution < -0.4 is 0 Å². The first-order chi connectivity index (χ1) is 9.25. The maximum atomic E-state index is 10.8. The molecule has 1 aromatic carbocycles. The van der Waals surface area contributed by atoms with Gasteiger partial charge in [-0.05, 0) is 50.8 Å². The molecule has 19 heavy (non-hydrogen) atoms. The van der Waals surface area contributed by atoms with Crippen molar-refractivity contribution in [2.24, 2.45) is 0 Å². The Morgan fingerprint density at radius 2 is 2.05 bits per heavy atom. The van der Waals surface area contributed by atoms with Crippen molar-refractivity contribution in [1.82, 2.24) is 4.90 Å². The van der Waals surface area contributed by atoms with Crippen molar-refractivity contribution in [3.8, 4) is 0 Å². The Labute approximate surface area is 115 Å². The molecule has 0 aliphatic carbocycles. The Bertz CT molecular complexity index is 391. The Hall–Kier alpha value is -1.35. The topological polar surface area (TPSA) is 40.5 Å². The fourth-order valence-corrected chi connectivity index (χ4v) is 2.91. The van der Waals surface area contributed by atoms with Crippen LogP contribution >= 0.6 is 0 Å². The number of benzene rings is 1. The van der Waals surface area contributed by atoms with E-state index in [9.17, 15) is 4.79 Å². The zero-order valence-corrected chi connectivity index (χ0v) is 11.4. The Kier molecular flexibility index (Phi) is 5.40. The van der Waals surface area contributed by atoms with Crippen LogP contribution in [0.2, 0.25) is 0 Å². The van der Waals surface area contributed by atoms with Gasteiger partial charge in [0.15, 0.2) is 0 Å². The minimum Gasteiger partial charge on any atom is -0.481 e. The third-order valence-corrected chi connectivity index (χ3v) is 3.91. The van der Waals surface area contributed by atoms with Crippen LogP contribution in [-0.2, 0) is 11.2 Å². The number of carbonyl (C=O) groups is 1. The maximum Gasteiger partial charge on any atom is 0.304 e. The molecule has 0 aromatic heterocycles. The number of hydrogen-bond donors (Lipinski definition) is 1. The van der Waals surface area contributed by atoms with Crippen LogP contribution in [0.15, 0.2) is 30.3 Å². The molecule has 0 bridgehead atoms. The summed E-state index contributed by atoms with van der Waals surface area (Å²) in [6.45, 7) is 2.12. The largest absolute Gasteiger partial charge is 0.481 e. The SMILES string of the molecule is O=C(O)CC1CCCN1CCCCc1ccccc1. The molecule has 0 amide bonds. The molecule has 1 atom stereocenters. The van der Waals surface area contributed by atoms with Gasteiger partial charge < -0.3 is 5.11 Å². The predicted octanol–water partition coefficient (Wildman–Crippen LogP) is 2.95. The number of aliphatic carboxylic acids is 1. The molecule has 0 radical (unpaired) electrons. The van der Waals surface area contributed by atoms with Crippen LogP contribution in [0.3, 0.4) is 0 Å². The van der Waals surface area contributed by atoms with Gasteiger partial charge in [-0.2, -0.15) is 0 Å². The van der Waals surface area contributed by atoms with E-state index in [0.29, 0.717) is 6.42 Å². The lowest BCUT2D eigenvalue weighted by Crippen LogP contribution is -2.32. The minimum atomic E-state index is -0.666. The van der Waals surface area contributed by atoms with E-state index in [-0.39, 0.29) is 6.04 Å². The number of rotatable bonds is 7. The van der Waals surface area contributed by atoms with Crippen LogP contribution in [0.4, 0.5) is 0 Å². The summed E-state index contributed by atoms with van der Waals surface area (Å²) in [7, 11) is 0. The molecule has 0 spiro atoms. The van der Waals surface area contributed by atoms with Crippen LogP contribution in [0, 0.1) is 0 Å². The minimum absolute atomic E-state index is 0.272. The maximum absolute atomic E-state index is 10.8. The molecule has 104 valence electrons. The number of carboxylic acids is 1. The highest BCUT2D eigenvalue weighted by atomic mass is 16.4. The zero-order valence-electron chi connectivity index (χ0n) is 11.4. The van der Waals surface area contributed by atoms with E-state index >= 15 is 0 Å². The van der Waals surface area contributed by atoms with Crippen molar-refractivity contribution in [2.45, 2.75) is 44.6 Å². The van der Waals surface area contributed by atoms with Gasteiger partial charge >= 0.3 is 5.97 Å². The average Bonchev–Trinajstić information content (AvgIpc) is 2.82. The molecule has 1 aliphatic heterocycles. The highest BCUT2D eigenvalue weighted by Crippen LogP contribution is 2.20. The molecular weight excluding hydrogens is 238 g/mol. The fourth-order valence-electron chi connectivity index (χ4n) is 2.91. The van der Waals surface area contributed by atoms with Crippen molar-refractivity contribution in [3.63, 3.8) is 0 Å². The van der Waals surface area contributed by atoms with Crippen LogP contribution in [-0.4, -0.2) is 35.1 Å². The standard InChI is InChI=1S/C16H23NO2/c18-16(19)13-15-10-6-12-17(15)11-5-4-9-14-7-2-1-3-8-14/h1-3,7-8,15H,4-6,9-13H2,(H,18,19). The molecule has 1 unspecified atom stereocenters. The van der Waals surface area contributed by atoms with Gasteiger partial charge in [0, 0.05) is 6.04 Å². The van der Waals surface area contributed by atoms with Gasteiger partial charge in [0.05, 0.1) is 6.42 Å². The molecule has 3 nitrogen and oxygen atoms in total. The Morgan fingerprint density at radius 1 is 1.26 bits per heavy atom. The van der Waals surface area contributed by atoms with Crippen LogP contribution in [0.5, 0.6) is 0 Å². The van der Waals surface area contributed by atoms with E-state index < -0.39 is 5.97 Å². The van der Waals surface area contributed by atoms with Crippen molar-refractivity contribution in [3.05, 3.63) is 35.9 Å². The summed E-state index contributed by atoms with van der Waals surface area (Å²) in [4.78, 5) is 13.1. The third-order valence-electron chi connectivity index (χ3n) is 3.91. The van der Waals surface area contributed by atoms with Gasteiger partial charge in [0.1, 0.15) is 0 Å². The van der Waals surface area contributed by atoms with Gasteiger partial charge in [0.25, 0.3) is 0 Å². The van der Waals surface area contributed by atoms with Gasteiger partial charge in [-0.15, -0.1) is 0 Å². The normalized spacial score (nSPS) is 19.7. The van der Waals surface area contributed by atoms with Crippen LogP contribution in [0.1, 0.15) is 37.7 Å². The molecule has 0 saturated carbocycles. The van der Waals surface area contributed by atoms with Crippen molar-refractivity contribution in [2.75, 3.05) is 13.1 Å². The predicted molar refractivity (Wildman–Crippen MR) is 76.2 cm³/mol. The second-order valence-electron chi connectivity index (χ2n) is 5.37. The lowest BCUT2D eigenvalue weighted by atomic mass is 10.1. The van der Waals surface area contributed by atoms with E-state index in [1.54, 1.807) is 0 Å². The molecule has 2 rings (SSSR count). The molecule has 3 heteroatoms. The van der Waals surface area contributed by atoms with Crippen LogP contribution in [0.25, 0.3) is 0 Å². The second kappa shape index (κ2) is 7.29. The monoisotopic (exact) mass is 261 g/mol. The lowest BCUT2D eigenvalue weighted by Gasteiger charge is -2.22. The molecule has 1 aliphatic rings. The molecule has 1 heterocycles. The van der Waals surface area contributed by atoms with Gasteiger partial charge in [-0.3, -0.25) is 9.69 Å². The van der Waals surface area contributed by atoms with Gasteiger partial charge in [-0.25, -0.2) is 0 Å². The second-order valence-corrected chi connectivity index (χ2v) is 5.37. The summed E-state index contributed by atoms with van der Waals surface area (Å²) in [5.41, 5.74) is 1.39. The first-order valence-corrected chi connectivity index (χ1v) is 7.25. The molecule has 1 saturated heterocycles. The van der Waals surface area contributed by atoms with Crippen molar-refractivity contribution in [1.29, 1.82) is 0 Å². The Balaban J connectivity index is 1.66. The van der Waals surface area contributed by atoms with E-state index in [4.69, 9.17) is 5.11 Å². The summed E-state index contributed by atoms with van der Waals surface area (Å²) < 4.78 is 0. The summed E-state index contributed by atoms with van der Waals surface area (Å²) in [6.07, 6.45) is 5.96. The molecule has 1 N–H and O–H groups in total. The third kappa shape index (κ3) is 4.67. The summed E-state index contributed by atoms with van der Waals surface area (Å²) >= 11 is 0. The van der Waals surface area contributed by atoms with E-state index in [1.165, 1.54) is 12.0 Å².